The van der Waals surface area contributed by atoms with Crippen LogP contribution in [0, 0.1) is 0 Å². The molecule has 0 bridgehead atoms. The highest BCUT2D eigenvalue weighted by Crippen LogP contribution is 2.25. The molecule has 104 valence electrons. The summed E-state index contributed by atoms with van der Waals surface area (Å²) in [6.45, 7) is 0. The molecule has 0 radical (unpaired) electrons. The maximum absolute atomic E-state index is 12.1. The van der Waals surface area contributed by atoms with Gasteiger partial charge in [-0.2, -0.15) is 0 Å². The van der Waals surface area contributed by atoms with Gasteiger partial charge in [-0.3, -0.25) is 4.79 Å². The molecule has 2 aromatic rings. The van der Waals surface area contributed by atoms with Gasteiger partial charge in [0, 0.05) is 5.69 Å². The lowest BCUT2D eigenvalue weighted by molar-refractivity contribution is 0.102. The zero-order valence-corrected chi connectivity index (χ0v) is 12.2. The number of benzene rings is 1. The van der Waals surface area contributed by atoms with Crippen molar-refractivity contribution in [1.82, 2.24) is 4.98 Å². The molecule has 0 fully saturated rings. The Bertz CT molecular complexity index is 663. The van der Waals surface area contributed by atoms with Crippen LogP contribution in [0.5, 0.6) is 0 Å². The third-order valence-corrected chi connectivity index (χ3v) is 3.43. The van der Waals surface area contributed by atoms with Crippen LogP contribution in [-0.4, -0.2) is 10.9 Å². The van der Waals surface area contributed by atoms with Crippen LogP contribution >= 0.6 is 34.8 Å². The largest absolute Gasteiger partial charge is 0.321 e. The van der Waals surface area contributed by atoms with Crippen molar-refractivity contribution in [1.29, 1.82) is 0 Å². The molecule has 1 aromatic heterocycles. The molecule has 0 saturated carbocycles. The molecule has 0 unspecified atom stereocenters. The first-order valence-corrected chi connectivity index (χ1v) is 6.54. The summed E-state index contributed by atoms with van der Waals surface area (Å²) in [5.41, 5.74) is 2.87. The number of nitrogens with two attached hydrogens (primary N) is 1. The van der Waals surface area contributed by atoms with E-state index in [1.165, 1.54) is 12.1 Å². The molecule has 1 amide bonds. The van der Waals surface area contributed by atoms with Gasteiger partial charge in [-0.15, -0.1) is 0 Å². The van der Waals surface area contributed by atoms with Crippen molar-refractivity contribution in [2.75, 3.05) is 10.7 Å². The highest BCUT2D eigenvalue weighted by molar-refractivity contribution is 6.42. The zero-order chi connectivity index (χ0) is 14.7. The smallest absolute Gasteiger partial charge is 0.275 e. The molecule has 2 rings (SSSR count). The van der Waals surface area contributed by atoms with Crippen LogP contribution in [0.1, 0.15) is 10.5 Å². The van der Waals surface area contributed by atoms with Crippen molar-refractivity contribution in [3.63, 3.8) is 0 Å². The molecule has 4 N–H and O–H groups in total. The Balaban J connectivity index is 2.25. The SMILES string of the molecule is NNc1ccc(Cl)c(C(=O)Nc2ccc(Cl)c(Cl)c2)n1. The highest BCUT2D eigenvalue weighted by atomic mass is 35.5. The lowest BCUT2D eigenvalue weighted by Gasteiger charge is -2.08. The number of hydrogen-bond acceptors (Lipinski definition) is 4. The summed E-state index contributed by atoms with van der Waals surface area (Å²) in [6.07, 6.45) is 0. The summed E-state index contributed by atoms with van der Waals surface area (Å²) in [6, 6.07) is 7.80. The summed E-state index contributed by atoms with van der Waals surface area (Å²) in [5, 5.41) is 3.56. The van der Waals surface area contributed by atoms with E-state index in [1.54, 1.807) is 18.2 Å². The number of hydrazine groups is 1. The maximum atomic E-state index is 12.1. The summed E-state index contributed by atoms with van der Waals surface area (Å²) < 4.78 is 0. The first-order valence-electron chi connectivity index (χ1n) is 5.41. The van der Waals surface area contributed by atoms with E-state index in [9.17, 15) is 4.79 Å². The zero-order valence-electron chi connectivity index (χ0n) is 9.95. The number of nitrogens with one attached hydrogen (secondary N) is 2. The third kappa shape index (κ3) is 3.32. The van der Waals surface area contributed by atoms with Crippen LogP contribution < -0.4 is 16.6 Å². The van der Waals surface area contributed by atoms with E-state index < -0.39 is 5.91 Å². The number of hydrogen-bond donors (Lipinski definition) is 3. The topological polar surface area (TPSA) is 80.0 Å². The van der Waals surface area contributed by atoms with E-state index in [0.29, 0.717) is 21.6 Å². The van der Waals surface area contributed by atoms with Crippen molar-refractivity contribution in [2.45, 2.75) is 0 Å². The molecule has 8 heteroatoms. The van der Waals surface area contributed by atoms with Crippen molar-refractivity contribution >= 4 is 52.2 Å². The average molecular weight is 332 g/mol. The number of rotatable bonds is 3. The van der Waals surface area contributed by atoms with Gasteiger partial charge in [0.25, 0.3) is 5.91 Å². The number of nitrogen functional groups attached to an aromatic ring is 1. The van der Waals surface area contributed by atoms with Crippen LogP contribution in [0.3, 0.4) is 0 Å². The van der Waals surface area contributed by atoms with E-state index in [-0.39, 0.29) is 10.7 Å². The molecule has 5 nitrogen and oxygen atoms in total. The predicted octanol–water partition coefficient (Wildman–Crippen LogP) is 3.58. The molecule has 0 spiro atoms. The Morgan fingerprint density at radius 3 is 2.40 bits per heavy atom. The van der Waals surface area contributed by atoms with E-state index in [2.05, 4.69) is 15.7 Å². The fraction of sp³-hybridized carbons (Fsp3) is 0. The van der Waals surface area contributed by atoms with Crippen LogP contribution in [0.25, 0.3) is 0 Å². The molecule has 0 aliphatic rings. The number of aromatic nitrogens is 1. The lowest BCUT2D eigenvalue weighted by Crippen LogP contribution is -2.16. The van der Waals surface area contributed by atoms with Crippen molar-refractivity contribution in [2.24, 2.45) is 5.84 Å². The standard InChI is InChI=1S/C12H9Cl3N4O/c13-7-2-1-6(5-9(7)15)17-12(20)11-8(14)3-4-10(18-11)19-16/h1-5H,16H2,(H,17,20)(H,18,19). The summed E-state index contributed by atoms with van der Waals surface area (Å²) in [5.74, 6) is 5.09. The van der Waals surface area contributed by atoms with E-state index in [1.807, 2.05) is 0 Å². The second-order valence-electron chi connectivity index (χ2n) is 3.75. The quantitative estimate of drug-likeness (QED) is 0.593. The lowest BCUT2D eigenvalue weighted by atomic mass is 10.3. The van der Waals surface area contributed by atoms with Gasteiger partial charge in [0.05, 0.1) is 15.1 Å². The fourth-order valence-corrected chi connectivity index (χ4v) is 1.94. The van der Waals surface area contributed by atoms with E-state index in [0.717, 1.165) is 0 Å². The Hall–Kier alpha value is -1.53. The van der Waals surface area contributed by atoms with Gasteiger partial charge < -0.3 is 10.7 Å². The molecular weight excluding hydrogens is 323 g/mol. The van der Waals surface area contributed by atoms with E-state index in [4.69, 9.17) is 40.6 Å². The van der Waals surface area contributed by atoms with Crippen molar-refractivity contribution < 1.29 is 4.79 Å². The monoisotopic (exact) mass is 330 g/mol. The molecule has 0 aliphatic carbocycles. The summed E-state index contributed by atoms with van der Waals surface area (Å²) >= 11 is 17.6. The van der Waals surface area contributed by atoms with Gasteiger partial charge in [0.1, 0.15) is 11.5 Å². The normalized spacial score (nSPS) is 10.2. The molecule has 0 atom stereocenters. The minimum Gasteiger partial charge on any atom is -0.321 e. The van der Waals surface area contributed by atoms with Gasteiger partial charge in [0.2, 0.25) is 0 Å². The molecule has 20 heavy (non-hydrogen) atoms. The summed E-state index contributed by atoms with van der Waals surface area (Å²) in [4.78, 5) is 16.1. The van der Waals surface area contributed by atoms with Crippen LogP contribution in [-0.2, 0) is 0 Å². The van der Waals surface area contributed by atoms with Gasteiger partial charge in [-0.25, -0.2) is 10.8 Å². The molecule has 0 saturated heterocycles. The highest BCUT2D eigenvalue weighted by Gasteiger charge is 2.14. The van der Waals surface area contributed by atoms with Gasteiger partial charge in [-0.1, -0.05) is 34.8 Å². The number of carbonyl (C=O) groups is 1. The van der Waals surface area contributed by atoms with Crippen molar-refractivity contribution in [3.05, 3.63) is 51.1 Å². The minimum absolute atomic E-state index is 0.0492. The number of nitrogens with zero attached hydrogens (tertiary/aromatic N) is 1. The maximum Gasteiger partial charge on any atom is 0.275 e. The Morgan fingerprint density at radius 2 is 1.75 bits per heavy atom. The number of anilines is 2. The predicted molar refractivity (Wildman–Crippen MR) is 81.5 cm³/mol. The molecule has 1 aromatic carbocycles. The molecule has 0 aliphatic heterocycles. The van der Waals surface area contributed by atoms with Crippen LogP contribution in [0.15, 0.2) is 30.3 Å². The van der Waals surface area contributed by atoms with Crippen molar-refractivity contribution in [3.8, 4) is 0 Å². The Kier molecular flexibility index (Phi) is 4.67. The van der Waals surface area contributed by atoms with Crippen LogP contribution in [0.4, 0.5) is 11.5 Å². The van der Waals surface area contributed by atoms with E-state index >= 15 is 0 Å². The first kappa shape index (κ1) is 14.9. The minimum atomic E-state index is -0.481. The Morgan fingerprint density at radius 1 is 1.05 bits per heavy atom. The average Bonchev–Trinajstić information content (AvgIpc) is 2.43. The second-order valence-corrected chi connectivity index (χ2v) is 4.98. The first-order chi connectivity index (χ1) is 9.51. The Labute approximate surface area is 130 Å². The van der Waals surface area contributed by atoms with Gasteiger partial charge in [0.15, 0.2) is 0 Å². The number of pyridine rings is 1. The second kappa shape index (κ2) is 6.28. The van der Waals surface area contributed by atoms with Gasteiger partial charge in [-0.05, 0) is 30.3 Å². The number of amides is 1. The number of carbonyl (C=O) groups excluding carboxylic acids is 1. The number of halogens is 3. The molecule has 1 heterocycles. The van der Waals surface area contributed by atoms with Crippen LogP contribution in [0.2, 0.25) is 15.1 Å². The molecular formula is C12H9Cl3N4O. The third-order valence-electron chi connectivity index (χ3n) is 2.39. The summed E-state index contributed by atoms with van der Waals surface area (Å²) in [7, 11) is 0. The van der Waals surface area contributed by atoms with Gasteiger partial charge >= 0.3 is 0 Å². The fourth-order valence-electron chi connectivity index (χ4n) is 1.45.